The number of urea groups is 1. The number of hydrogen-bond donors (Lipinski definition) is 1. The van der Waals surface area contributed by atoms with E-state index < -0.39 is 23.8 Å². The number of primary amides is 1. The van der Waals surface area contributed by atoms with E-state index in [0.29, 0.717) is 38.1 Å². The molecule has 0 aromatic carbocycles. The van der Waals surface area contributed by atoms with Gasteiger partial charge in [0.05, 0.1) is 0 Å². The zero-order valence-corrected chi connectivity index (χ0v) is 16.1. The molecule has 3 aliphatic rings. The normalized spacial score (nSPS) is 25.3. The third-order valence-corrected chi connectivity index (χ3v) is 6.07. The second-order valence-electron chi connectivity index (χ2n) is 7.94. The molecule has 1 aliphatic heterocycles. The van der Waals surface area contributed by atoms with Crippen molar-refractivity contribution in [1.82, 2.24) is 14.8 Å². The topological polar surface area (TPSA) is 123 Å². The van der Waals surface area contributed by atoms with Crippen LogP contribution in [0.2, 0.25) is 0 Å². The van der Waals surface area contributed by atoms with E-state index in [-0.39, 0.29) is 23.6 Å². The molecule has 2 saturated carbocycles. The van der Waals surface area contributed by atoms with E-state index in [2.05, 4.69) is 4.98 Å². The molecule has 1 aromatic heterocycles. The molecular weight excluding hydrogens is 376 g/mol. The highest BCUT2D eigenvalue weighted by Crippen LogP contribution is 2.32. The van der Waals surface area contributed by atoms with Crippen molar-refractivity contribution >= 4 is 23.8 Å². The first-order valence-electron chi connectivity index (χ1n) is 10.1. The van der Waals surface area contributed by atoms with Crippen LogP contribution >= 0.6 is 0 Å². The zero-order valence-electron chi connectivity index (χ0n) is 16.1. The van der Waals surface area contributed by atoms with Gasteiger partial charge in [-0.05, 0) is 56.6 Å². The summed E-state index contributed by atoms with van der Waals surface area (Å²) in [5, 5.41) is 0. The first-order valence-corrected chi connectivity index (χ1v) is 10.1. The predicted molar refractivity (Wildman–Crippen MR) is 101 cm³/mol. The Morgan fingerprint density at radius 3 is 2.45 bits per heavy atom. The lowest BCUT2D eigenvalue weighted by atomic mass is 9.85. The van der Waals surface area contributed by atoms with Crippen molar-refractivity contribution in [2.45, 2.75) is 57.1 Å². The number of aromatic nitrogens is 1. The number of rotatable bonds is 6. The van der Waals surface area contributed by atoms with E-state index in [1.807, 2.05) is 0 Å². The van der Waals surface area contributed by atoms with Crippen LogP contribution in [0, 0.1) is 5.92 Å². The molecule has 2 heterocycles. The Labute approximate surface area is 168 Å². The summed E-state index contributed by atoms with van der Waals surface area (Å²) in [4.78, 5) is 55.3. The molecule has 4 rings (SSSR count). The Balaban J connectivity index is 1.37. The van der Waals surface area contributed by atoms with Gasteiger partial charge in [-0.25, -0.2) is 9.78 Å². The van der Waals surface area contributed by atoms with Crippen LogP contribution in [0.4, 0.5) is 4.79 Å². The molecule has 0 atom stereocenters. The van der Waals surface area contributed by atoms with Gasteiger partial charge < -0.3 is 10.5 Å². The van der Waals surface area contributed by atoms with Crippen molar-refractivity contribution in [3.63, 3.8) is 0 Å². The summed E-state index contributed by atoms with van der Waals surface area (Å²) < 4.78 is 5.85. The van der Waals surface area contributed by atoms with Crippen molar-refractivity contribution in [3.8, 4) is 5.88 Å². The molecule has 0 spiro atoms. The van der Waals surface area contributed by atoms with Crippen LogP contribution in [0.25, 0.3) is 0 Å². The highest BCUT2D eigenvalue weighted by molar-refractivity contribution is 6.44. The van der Waals surface area contributed by atoms with Crippen molar-refractivity contribution in [1.29, 1.82) is 0 Å². The maximum atomic E-state index is 12.7. The van der Waals surface area contributed by atoms with Crippen LogP contribution in [0.5, 0.6) is 5.88 Å². The van der Waals surface area contributed by atoms with E-state index in [1.165, 1.54) is 6.20 Å². The van der Waals surface area contributed by atoms with Gasteiger partial charge in [-0.15, -0.1) is 0 Å². The van der Waals surface area contributed by atoms with Crippen LogP contribution in [0.3, 0.4) is 0 Å². The largest absolute Gasteiger partial charge is 0.474 e. The summed E-state index contributed by atoms with van der Waals surface area (Å²) in [6, 6.07) is 2.36. The number of pyridine rings is 1. The second-order valence-corrected chi connectivity index (χ2v) is 7.94. The van der Waals surface area contributed by atoms with Gasteiger partial charge in [-0.2, -0.15) is 0 Å². The predicted octanol–water partition coefficient (Wildman–Crippen LogP) is 1.46. The fourth-order valence-corrected chi connectivity index (χ4v) is 4.19. The maximum Gasteiger partial charge on any atom is 0.334 e. The molecular formula is C20H24N4O5. The minimum absolute atomic E-state index is 0.193. The number of ether oxygens (including phenoxy) is 1. The second kappa shape index (κ2) is 7.81. The van der Waals surface area contributed by atoms with Crippen molar-refractivity contribution < 1.29 is 23.9 Å². The van der Waals surface area contributed by atoms with E-state index in [4.69, 9.17) is 10.5 Å². The summed E-state index contributed by atoms with van der Waals surface area (Å²) >= 11 is 0. The van der Waals surface area contributed by atoms with Gasteiger partial charge in [-0.1, -0.05) is 6.42 Å². The molecule has 0 radical (unpaired) electrons. The Kier molecular flexibility index (Phi) is 5.21. The van der Waals surface area contributed by atoms with E-state index in [1.54, 1.807) is 12.1 Å². The third kappa shape index (κ3) is 3.68. The lowest BCUT2D eigenvalue weighted by molar-refractivity contribution is -0.144. The van der Waals surface area contributed by atoms with Crippen LogP contribution in [-0.4, -0.2) is 57.2 Å². The van der Waals surface area contributed by atoms with Crippen LogP contribution in [0.15, 0.2) is 18.3 Å². The molecule has 0 bridgehead atoms. The molecule has 5 amide bonds. The van der Waals surface area contributed by atoms with Crippen LogP contribution < -0.4 is 10.5 Å². The van der Waals surface area contributed by atoms with Gasteiger partial charge in [0, 0.05) is 18.8 Å². The fraction of sp³-hybridized carbons (Fsp3) is 0.550. The smallest absolute Gasteiger partial charge is 0.334 e. The zero-order chi connectivity index (χ0) is 20.5. The van der Waals surface area contributed by atoms with Gasteiger partial charge in [-0.3, -0.25) is 24.2 Å². The van der Waals surface area contributed by atoms with Gasteiger partial charge in [0.1, 0.15) is 11.7 Å². The van der Waals surface area contributed by atoms with Crippen molar-refractivity contribution in [2.24, 2.45) is 11.7 Å². The Morgan fingerprint density at radius 1 is 1.10 bits per heavy atom. The maximum absolute atomic E-state index is 12.7. The first-order chi connectivity index (χ1) is 14.0. The number of hydrogen-bond acceptors (Lipinski definition) is 6. The van der Waals surface area contributed by atoms with E-state index >= 15 is 0 Å². The monoisotopic (exact) mass is 400 g/mol. The lowest BCUT2D eigenvalue weighted by Gasteiger charge is -2.33. The molecule has 29 heavy (non-hydrogen) atoms. The van der Waals surface area contributed by atoms with E-state index in [0.717, 1.165) is 29.1 Å². The average Bonchev–Trinajstić information content (AvgIpc) is 2.88. The molecule has 154 valence electrons. The summed E-state index contributed by atoms with van der Waals surface area (Å²) in [5.41, 5.74) is 5.57. The first kappa shape index (κ1) is 19.4. The Hall–Kier alpha value is -2.97. The summed E-state index contributed by atoms with van der Waals surface area (Å²) in [7, 11) is 0. The Bertz CT molecular complexity index is 845. The summed E-state index contributed by atoms with van der Waals surface area (Å²) in [6.07, 6.45) is 6.64. The van der Waals surface area contributed by atoms with Gasteiger partial charge in [0.2, 0.25) is 5.88 Å². The average molecular weight is 400 g/mol. The summed E-state index contributed by atoms with van der Waals surface area (Å²) in [5.74, 6) is -1.53. The number of imide groups is 2. The molecule has 3 fully saturated rings. The Morgan fingerprint density at radius 2 is 1.83 bits per heavy atom. The number of nitrogens with two attached hydrogens (primary N) is 1. The van der Waals surface area contributed by atoms with Crippen LogP contribution in [-0.2, 0) is 9.59 Å². The number of carbonyl (C=O) groups is 4. The minimum atomic E-state index is -0.723. The molecule has 9 heteroatoms. The SMILES string of the molecule is NC(=O)c1cccnc1OC1CCC(N2C(=O)C(=O)N(CC3CCC3)C2=O)CC1. The molecule has 0 unspecified atom stereocenters. The van der Waals surface area contributed by atoms with Crippen LogP contribution in [0.1, 0.15) is 55.3 Å². The highest BCUT2D eigenvalue weighted by Gasteiger charge is 2.49. The lowest BCUT2D eigenvalue weighted by Crippen LogP contribution is -2.45. The number of nitrogens with zero attached hydrogens (tertiary/aromatic N) is 3. The molecule has 2 aliphatic carbocycles. The van der Waals surface area contributed by atoms with E-state index in [9.17, 15) is 19.2 Å². The summed E-state index contributed by atoms with van der Waals surface area (Å²) in [6.45, 7) is 0.341. The number of carbonyl (C=O) groups excluding carboxylic acids is 4. The van der Waals surface area contributed by atoms with Gasteiger partial charge in [0.25, 0.3) is 5.91 Å². The molecule has 1 aromatic rings. The molecule has 1 saturated heterocycles. The van der Waals surface area contributed by atoms with Gasteiger partial charge >= 0.3 is 17.8 Å². The quantitative estimate of drug-likeness (QED) is 0.570. The number of amides is 5. The standard InChI is InChI=1S/C20H24N4O5/c21-16(25)15-5-2-10-22-17(15)29-14-8-6-13(7-9-14)24-19(27)18(26)23(20(24)28)11-12-3-1-4-12/h2,5,10,12-14H,1,3-4,6-9,11H2,(H2,21,25). The fourth-order valence-electron chi connectivity index (χ4n) is 4.19. The molecule has 2 N–H and O–H groups in total. The third-order valence-electron chi connectivity index (χ3n) is 6.07. The highest BCUT2D eigenvalue weighted by atomic mass is 16.5. The van der Waals surface area contributed by atoms with Crippen molar-refractivity contribution in [3.05, 3.63) is 23.9 Å². The molecule has 9 nitrogen and oxygen atoms in total. The van der Waals surface area contributed by atoms with Gasteiger partial charge in [0.15, 0.2) is 0 Å². The minimum Gasteiger partial charge on any atom is -0.474 e. The van der Waals surface area contributed by atoms with Crippen molar-refractivity contribution in [2.75, 3.05) is 6.54 Å².